The van der Waals surface area contributed by atoms with Crippen LogP contribution in [-0.4, -0.2) is 33.1 Å². The Morgan fingerprint density at radius 2 is 1.97 bits per heavy atom. The van der Waals surface area contributed by atoms with Crippen LogP contribution in [0.15, 0.2) is 48.8 Å². The van der Waals surface area contributed by atoms with E-state index in [0.717, 1.165) is 24.8 Å². The lowest BCUT2D eigenvalue weighted by Gasteiger charge is -2.31. The molecule has 4 N–H and O–H groups in total. The van der Waals surface area contributed by atoms with Crippen LogP contribution in [0.5, 0.6) is 5.75 Å². The van der Waals surface area contributed by atoms with E-state index in [1.165, 1.54) is 19.3 Å². The number of aromatic nitrogens is 3. The Labute approximate surface area is 210 Å². The fourth-order valence-electron chi connectivity index (χ4n) is 5.18. The van der Waals surface area contributed by atoms with Gasteiger partial charge in [0.05, 0.1) is 19.2 Å². The maximum atomic E-state index is 13.7. The summed E-state index contributed by atoms with van der Waals surface area (Å²) < 4.78 is 7.63. The standard InChI is InChI=1S/C27H31N7O2/c1-29-19-9-10-20-21(11-14-36-23(20)16-19)31-26(35)22(15-18-7-3-2-4-8-18)30-24-17-25(33-27(28)32-24)34-12-5-6-13-34/h5-6,9-10,12-13,16-18,21-22H,2-4,7-8,11,14-15H2,(H,31,35)(H3,28,30,32,33). The first-order valence-electron chi connectivity index (χ1n) is 12.6. The van der Waals surface area contributed by atoms with Crippen molar-refractivity contribution in [3.05, 3.63) is 65.8 Å². The number of benzene rings is 1. The van der Waals surface area contributed by atoms with Gasteiger partial charge in [0.1, 0.15) is 23.4 Å². The molecule has 1 fully saturated rings. The molecule has 0 spiro atoms. The normalized spacial score (nSPS) is 18.4. The summed E-state index contributed by atoms with van der Waals surface area (Å²) in [5.41, 5.74) is 7.44. The van der Waals surface area contributed by atoms with Gasteiger partial charge in [0.2, 0.25) is 11.9 Å². The smallest absolute Gasteiger partial charge is 0.243 e. The Morgan fingerprint density at radius 1 is 1.17 bits per heavy atom. The van der Waals surface area contributed by atoms with Crippen molar-refractivity contribution in [2.45, 2.75) is 57.0 Å². The number of hydrogen-bond acceptors (Lipinski definition) is 6. The number of carbonyl (C=O) groups is 1. The second kappa shape index (κ2) is 10.7. The minimum Gasteiger partial charge on any atom is -0.494 e. The monoisotopic (exact) mass is 485 g/mol. The maximum Gasteiger partial charge on any atom is 0.243 e. The highest BCUT2D eigenvalue weighted by atomic mass is 16.5. The molecule has 1 saturated carbocycles. The number of anilines is 2. The van der Waals surface area contributed by atoms with E-state index in [9.17, 15) is 4.79 Å². The highest BCUT2D eigenvalue weighted by molar-refractivity contribution is 5.85. The second-order valence-electron chi connectivity index (χ2n) is 9.53. The molecular weight excluding hydrogens is 454 g/mol. The van der Waals surface area contributed by atoms with Gasteiger partial charge in [-0.2, -0.15) is 9.97 Å². The van der Waals surface area contributed by atoms with Gasteiger partial charge in [-0.05, 0) is 30.5 Å². The minimum atomic E-state index is -0.464. The molecule has 1 aliphatic heterocycles. The van der Waals surface area contributed by atoms with Crippen molar-refractivity contribution in [1.82, 2.24) is 19.9 Å². The van der Waals surface area contributed by atoms with E-state index < -0.39 is 6.04 Å². The molecule has 2 aliphatic rings. The molecule has 0 bridgehead atoms. The van der Waals surface area contributed by atoms with Gasteiger partial charge in [-0.15, -0.1) is 0 Å². The van der Waals surface area contributed by atoms with Crippen LogP contribution in [0.2, 0.25) is 0 Å². The van der Waals surface area contributed by atoms with Crippen LogP contribution in [-0.2, 0) is 4.79 Å². The van der Waals surface area contributed by atoms with Crippen molar-refractivity contribution < 1.29 is 9.53 Å². The third-order valence-electron chi connectivity index (χ3n) is 7.01. The molecule has 9 heteroatoms. The summed E-state index contributed by atoms with van der Waals surface area (Å²) in [6.45, 7) is 7.75. The third kappa shape index (κ3) is 5.43. The average molecular weight is 486 g/mol. The molecular formula is C27H31N7O2. The number of ether oxygens (including phenoxy) is 1. The number of nitrogen functional groups attached to an aromatic ring is 1. The van der Waals surface area contributed by atoms with Crippen molar-refractivity contribution in [3.8, 4) is 11.6 Å². The SMILES string of the molecule is [C-]#[N+]c1ccc2c(c1)OCCC2NC(=O)C(CC1CCCCC1)Nc1cc(-n2cccc2)nc(N)n1. The van der Waals surface area contributed by atoms with E-state index in [0.29, 0.717) is 42.0 Å². The number of nitrogens with one attached hydrogen (secondary N) is 2. The van der Waals surface area contributed by atoms with Gasteiger partial charge in [-0.3, -0.25) is 4.79 Å². The van der Waals surface area contributed by atoms with Gasteiger partial charge in [-0.1, -0.05) is 44.2 Å². The van der Waals surface area contributed by atoms with Crippen molar-refractivity contribution >= 4 is 23.4 Å². The van der Waals surface area contributed by atoms with Crippen LogP contribution in [0, 0.1) is 12.5 Å². The van der Waals surface area contributed by atoms with Crippen molar-refractivity contribution in [2.75, 3.05) is 17.7 Å². The number of carbonyl (C=O) groups excluding carboxylic acids is 1. The molecule has 2 atom stereocenters. The number of amides is 1. The van der Waals surface area contributed by atoms with Gasteiger partial charge in [0, 0.05) is 30.4 Å². The summed E-state index contributed by atoms with van der Waals surface area (Å²) in [4.78, 5) is 25.9. The molecule has 1 aromatic carbocycles. The highest BCUT2D eigenvalue weighted by Crippen LogP contribution is 2.35. The Kier molecular flexibility index (Phi) is 7.03. The lowest BCUT2D eigenvalue weighted by atomic mass is 9.84. The van der Waals surface area contributed by atoms with Crippen LogP contribution >= 0.6 is 0 Å². The van der Waals surface area contributed by atoms with Gasteiger partial charge >= 0.3 is 0 Å². The summed E-state index contributed by atoms with van der Waals surface area (Å²) in [6, 6.07) is 10.4. The van der Waals surface area contributed by atoms with E-state index >= 15 is 0 Å². The van der Waals surface area contributed by atoms with Crippen molar-refractivity contribution in [2.24, 2.45) is 5.92 Å². The first-order chi connectivity index (χ1) is 17.6. The molecule has 0 radical (unpaired) electrons. The van der Waals surface area contributed by atoms with E-state index in [2.05, 4.69) is 25.4 Å². The van der Waals surface area contributed by atoms with Gasteiger partial charge in [0.25, 0.3) is 0 Å². The van der Waals surface area contributed by atoms with Gasteiger partial charge in [-0.25, -0.2) is 4.85 Å². The van der Waals surface area contributed by atoms with Crippen LogP contribution in [0.4, 0.5) is 17.5 Å². The summed E-state index contributed by atoms with van der Waals surface area (Å²) in [5.74, 6) is 2.38. The topological polar surface area (TPSA) is 111 Å². The Balaban J connectivity index is 1.37. The maximum absolute atomic E-state index is 13.7. The van der Waals surface area contributed by atoms with Crippen LogP contribution in [0.1, 0.15) is 56.6 Å². The molecule has 9 nitrogen and oxygen atoms in total. The average Bonchev–Trinajstić information content (AvgIpc) is 3.44. The molecule has 3 aromatic rings. The van der Waals surface area contributed by atoms with Gasteiger partial charge < -0.3 is 25.7 Å². The highest BCUT2D eigenvalue weighted by Gasteiger charge is 2.29. The fourth-order valence-corrected chi connectivity index (χ4v) is 5.18. The Hall–Kier alpha value is -4.06. The molecule has 186 valence electrons. The number of nitrogens with two attached hydrogens (primary N) is 1. The number of nitrogens with zero attached hydrogens (tertiary/aromatic N) is 4. The zero-order valence-corrected chi connectivity index (χ0v) is 20.2. The first kappa shape index (κ1) is 23.7. The number of hydrogen-bond donors (Lipinski definition) is 3. The predicted octanol–water partition coefficient (Wildman–Crippen LogP) is 4.79. The number of fused-ring (bicyclic) bond motifs is 1. The van der Waals surface area contributed by atoms with E-state index in [-0.39, 0.29) is 17.9 Å². The largest absolute Gasteiger partial charge is 0.494 e. The molecule has 3 heterocycles. The molecule has 1 aliphatic carbocycles. The summed E-state index contributed by atoms with van der Waals surface area (Å²) in [7, 11) is 0. The third-order valence-corrected chi connectivity index (χ3v) is 7.01. The summed E-state index contributed by atoms with van der Waals surface area (Å²) in [5, 5.41) is 6.61. The Bertz CT molecular complexity index is 1250. The van der Waals surface area contributed by atoms with Gasteiger partial charge in [0.15, 0.2) is 5.69 Å². The van der Waals surface area contributed by atoms with Crippen LogP contribution in [0.3, 0.4) is 0 Å². The second-order valence-corrected chi connectivity index (χ2v) is 9.53. The predicted molar refractivity (Wildman–Crippen MR) is 138 cm³/mol. The van der Waals surface area contributed by atoms with Crippen LogP contribution < -0.4 is 21.1 Å². The Morgan fingerprint density at radius 3 is 2.75 bits per heavy atom. The van der Waals surface area contributed by atoms with Crippen molar-refractivity contribution in [1.29, 1.82) is 0 Å². The summed E-state index contributed by atoms with van der Waals surface area (Å²) >= 11 is 0. The molecule has 2 unspecified atom stereocenters. The van der Waals surface area contributed by atoms with Crippen LogP contribution in [0.25, 0.3) is 10.7 Å². The summed E-state index contributed by atoms with van der Waals surface area (Å²) in [6.07, 6.45) is 11.1. The molecule has 1 amide bonds. The molecule has 5 rings (SSSR count). The van der Waals surface area contributed by atoms with E-state index in [1.54, 1.807) is 12.1 Å². The quantitative estimate of drug-likeness (QED) is 0.415. The number of rotatable bonds is 7. The first-order valence-corrected chi connectivity index (χ1v) is 12.6. The molecule has 2 aromatic heterocycles. The van der Waals surface area contributed by atoms with Crippen molar-refractivity contribution in [3.63, 3.8) is 0 Å². The molecule has 0 saturated heterocycles. The zero-order valence-electron chi connectivity index (χ0n) is 20.2. The fraction of sp³-hybridized carbons (Fsp3) is 0.407. The van der Waals surface area contributed by atoms with E-state index in [4.69, 9.17) is 17.0 Å². The lowest BCUT2D eigenvalue weighted by Crippen LogP contribution is -2.43. The lowest BCUT2D eigenvalue weighted by molar-refractivity contribution is -0.123. The molecule has 36 heavy (non-hydrogen) atoms. The zero-order chi connectivity index (χ0) is 24.9. The van der Waals surface area contributed by atoms with E-state index in [1.807, 2.05) is 41.2 Å². The minimum absolute atomic E-state index is 0.0765.